The zero-order valence-electron chi connectivity index (χ0n) is 12.4. The molecule has 1 aliphatic heterocycles. The Balaban J connectivity index is 1.73. The topological polar surface area (TPSA) is 54.5 Å². The van der Waals surface area contributed by atoms with Crippen molar-refractivity contribution in [1.82, 2.24) is 4.90 Å². The lowest BCUT2D eigenvalue weighted by molar-refractivity contribution is -0.137. The van der Waals surface area contributed by atoms with Crippen molar-refractivity contribution in [2.24, 2.45) is 23.7 Å². The first-order valence-electron chi connectivity index (χ1n) is 7.59. The van der Waals surface area contributed by atoms with Gasteiger partial charge in [0.2, 0.25) is 11.8 Å². The van der Waals surface area contributed by atoms with E-state index in [0.29, 0.717) is 0 Å². The fourth-order valence-electron chi connectivity index (χ4n) is 4.38. The quantitative estimate of drug-likeness (QED) is 0.304. The summed E-state index contributed by atoms with van der Waals surface area (Å²) in [6.07, 6.45) is 0.796. The number of rotatable bonds is 1. The number of hydrogen-bond donors (Lipinski definition) is 0. The van der Waals surface area contributed by atoms with E-state index in [1.807, 2.05) is 0 Å². The van der Waals surface area contributed by atoms with Gasteiger partial charge < -0.3 is 0 Å². The van der Waals surface area contributed by atoms with Crippen molar-refractivity contribution in [3.8, 4) is 0 Å². The lowest BCUT2D eigenvalue weighted by atomic mass is 9.81. The Morgan fingerprint density at radius 2 is 1.52 bits per heavy atom. The van der Waals surface area contributed by atoms with Crippen LogP contribution in [0.1, 0.15) is 16.8 Å². The maximum Gasteiger partial charge on any atom is 0.268 e. The van der Waals surface area contributed by atoms with Crippen molar-refractivity contribution >= 4 is 84.4 Å². The third-order valence-electron chi connectivity index (χ3n) is 5.41. The molecule has 6 atom stereocenters. The van der Waals surface area contributed by atoms with Crippen molar-refractivity contribution in [3.63, 3.8) is 0 Å². The summed E-state index contributed by atoms with van der Waals surface area (Å²) in [4.78, 5) is 39.6. The monoisotopic (exact) mass is 527 g/mol. The fourth-order valence-corrected chi connectivity index (χ4v) is 6.94. The second-order valence-electron chi connectivity index (χ2n) is 6.57. The Hall–Kier alpha value is -0.140. The van der Waals surface area contributed by atoms with Gasteiger partial charge in [-0.3, -0.25) is 14.4 Å². The molecule has 0 N–H and O–H groups in total. The molecule has 3 aliphatic rings. The van der Waals surface area contributed by atoms with E-state index < -0.39 is 29.6 Å². The Labute approximate surface area is 175 Å². The van der Waals surface area contributed by atoms with Gasteiger partial charge in [0.1, 0.15) is 0 Å². The Morgan fingerprint density at radius 1 is 1.00 bits per heavy atom. The van der Waals surface area contributed by atoms with Crippen molar-refractivity contribution in [2.75, 3.05) is 0 Å². The third-order valence-corrected chi connectivity index (χ3v) is 9.64. The molecule has 6 unspecified atom stereocenters. The van der Waals surface area contributed by atoms with E-state index in [-0.39, 0.29) is 42.1 Å². The lowest BCUT2D eigenvalue weighted by Crippen LogP contribution is -2.38. The van der Waals surface area contributed by atoms with Gasteiger partial charge in [-0.05, 0) is 30.4 Å². The van der Waals surface area contributed by atoms with Gasteiger partial charge in [-0.25, -0.2) is 4.90 Å². The molecule has 1 heterocycles. The normalized spacial score (nSPS) is 36.3. The molecule has 2 bridgehead atoms. The molecule has 9 heteroatoms. The SMILES string of the molecule is O=C(c1cc(Cl)cc(Cl)c1Cl)N1C(=O)C2C3CC(C(Br)C3Br)C2C1=O. The highest BCUT2D eigenvalue weighted by molar-refractivity contribution is 9.12. The molecular weight excluding hydrogens is 520 g/mol. The van der Waals surface area contributed by atoms with Crippen LogP contribution in [-0.4, -0.2) is 32.3 Å². The molecule has 2 saturated carbocycles. The third kappa shape index (κ3) is 2.48. The Morgan fingerprint density at radius 3 is 2.04 bits per heavy atom. The molecule has 4 nitrogen and oxygen atoms in total. The van der Waals surface area contributed by atoms with Gasteiger partial charge in [0.15, 0.2) is 0 Å². The number of hydrogen-bond acceptors (Lipinski definition) is 3. The summed E-state index contributed by atoms with van der Waals surface area (Å²) >= 11 is 25.2. The van der Waals surface area contributed by atoms with Crippen LogP contribution < -0.4 is 0 Å². The first-order valence-corrected chi connectivity index (χ1v) is 10.6. The molecule has 3 amide bonds. The van der Waals surface area contributed by atoms with Crippen LogP contribution in [-0.2, 0) is 9.59 Å². The van der Waals surface area contributed by atoms with Crippen LogP contribution in [0.25, 0.3) is 0 Å². The summed E-state index contributed by atoms with van der Waals surface area (Å²) in [5.41, 5.74) is -0.0426. The van der Waals surface area contributed by atoms with Crippen LogP contribution in [0.3, 0.4) is 0 Å². The van der Waals surface area contributed by atoms with E-state index in [9.17, 15) is 14.4 Å². The molecule has 0 radical (unpaired) electrons. The summed E-state index contributed by atoms with van der Waals surface area (Å²) < 4.78 is 0. The zero-order chi connectivity index (χ0) is 18.2. The molecule has 4 rings (SSSR count). The summed E-state index contributed by atoms with van der Waals surface area (Å²) in [5, 5.41) is 0.282. The number of benzene rings is 1. The van der Waals surface area contributed by atoms with Crippen molar-refractivity contribution in [1.29, 1.82) is 0 Å². The second kappa shape index (κ2) is 6.20. The van der Waals surface area contributed by atoms with Crippen LogP contribution in [0, 0.1) is 23.7 Å². The van der Waals surface area contributed by atoms with Gasteiger partial charge >= 0.3 is 0 Å². The molecule has 2 aliphatic carbocycles. The molecule has 1 aromatic carbocycles. The second-order valence-corrected chi connectivity index (χ2v) is 9.91. The van der Waals surface area contributed by atoms with E-state index in [0.717, 1.165) is 11.3 Å². The van der Waals surface area contributed by atoms with E-state index in [1.54, 1.807) is 0 Å². The number of nitrogens with zero attached hydrogens (tertiary/aromatic N) is 1. The van der Waals surface area contributed by atoms with Crippen LogP contribution in [0.4, 0.5) is 0 Å². The molecular formula is C16H10Br2Cl3NO3. The molecule has 3 fully saturated rings. The molecule has 132 valence electrons. The van der Waals surface area contributed by atoms with E-state index >= 15 is 0 Å². The van der Waals surface area contributed by atoms with Crippen LogP contribution in [0.15, 0.2) is 12.1 Å². The summed E-state index contributed by atoms with van der Waals surface area (Å²) in [7, 11) is 0. The van der Waals surface area contributed by atoms with Crippen molar-refractivity contribution in [2.45, 2.75) is 16.1 Å². The van der Waals surface area contributed by atoms with E-state index in [1.165, 1.54) is 12.1 Å². The lowest BCUT2D eigenvalue weighted by Gasteiger charge is -2.28. The summed E-state index contributed by atoms with van der Waals surface area (Å²) in [6, 6.07) is 2.72. The Bertz CT molecular complexity index is 801. The van der Waals surface area contributed by atoms with Crippen molar-refractivity contribution < 1.29 is 14.4 Å². The highest BCUT2D eigenvalue weighted by atomic mass is 79.9. The average molecular weight is 530 g/mol. The van der Waals surface area contributed by atoms with Gasteiger partial charge in [0, 0.05) is 14.7 Å². The minimum Gasteiger partial charge on any atom is -0.274 e. The van der Waals surface area contributed by atoms with Crippen molar-refractivity contribution in [3.05, 3.63) is 32.8 Å². The van der Waals surface area contributed by atoms with Gasteiger partial charge in [-0.1, -0.05) is 66.7 Å². The molecule has 1 aromatic rings. The molecule has 1 saturated heterocycles. The fraction of sp³-hybridized carbons (Fsp3) is 0.438. The predicted molar refractivity (Wildman–Crippen MR) is 102 cm³/mol. The number of likely N-dealkylation sites (tertiary alicyclic amines) is 1. The smallest absolute Gasteiger partial charge is 0.268 e. The summed E-state index contributed by atoms with van der Waals surface area (Å²) in [5.74, 6) is -2.54. The first kappa shape index (κ1) is 18.2. The number of carbonyl (C=O) groups excluding carboxylic acids is 3. The number of carbonyl (C=O) groups is 3. The summed E-state index contributed by atoms with van der Waals surface area (Å²) in [6.45, 7) is 0. The molecule has 0 spiro atoms. The standard InChI is InChI=1S/C16H10Br2Cl3NO3/c17-11-5-3-6(12(11)18)10-9(5)15(24)22(16(10)25)14(23)7-1-4(19)2-8(20)13(7)21/h1-2,5-6,9-12H,3H2. The van der Waals surface area contributed by atoms with Gasteiger partial charge in [-0.2, -0.15) is 0 Å². The predicted octanol–water partition coefficient (Wildman–Crippen LogP) is 4.56. The van der Waals surface area contributed by atoms with Crippen LogP contribution >= 0.6 is 66.7 Å². The zero-order valence-corrected chi connectivity index (χ0v) is 17.8. The number of alkyl halides is 2. The van der Waals surface area contributed by atoms with E-state index in [4.69, 9.17) is 34.8 Å². The number of fused-ring (bicyclic) bond motifs is 5. The highest BCUT2D eigenvalue weighted by Crippen LogP contribution is 2.60. The van der Waals surface area contributed by atoms with E-state index in [2.05, 4.69) is 31.9 Å². The van der Waals surface area contributed by atoms with Gasteiger partial charge in [0.25, 0.3) is 5.91 Å². The maximum atomic E-state index is 12.9. The molecule has 25 heavy (non-hydrogen) atoms. The largest absolute Gasteiger partial charge is 0.274 e. The van der Waals surface area contributed by atoms with Gasteiger partial charge in [-0.15, -0.1) is 0 Å². The average Bonchev–Trinajstić information content (AvgIpc) is 3.15. The first-order chi connectivity index (χ1) is 11.7. The minimum atomic E-state index is -0.768. The molecule has 0 aromatic heterocycles. The van der Waals surface area contributed by atoms with Crippen LogP contribution in [0.5, 0.6) is 0 Å². The van der Waals surface area contributed by atoms with Gasteiger partial charge in [0.05, 0.1) is 27.4 Å². The maximum absolute atomic E-state index is 12.9. The van der Waals surface area contributed by atoms with Crippen LogP contribution in [0.2, 0.25) is 15.1 Å². The Kier molecular flexibility index (Phi) is 4.52. The number of amides is 3. The number of halogens is 5. The highest BCUT2D eigenvalue weighted by Gasteiger charge is 2.67. The minimum absolute atomic E-state index is 0.0200. The number of imide groups is 3.